The topological polar surface area (TPSA) is 104 Å². The summed E-state index contributed by atoms with van der Waals surface area (Å²) in [5.41, 5.74) is 1.52. The lowest BCUT2D eigenvalue weighted by Crippen LogP contribution is -2.43. The van der Waals surface area contributed by atoms with Crippen LogP contribution in [-0.2, 0) is 16.0 Å². The zero-order valence-electron chi connectivity index (χ0n) is 16.7. The molecule has 4 rings (SSSR count). The van der Waals surface area contributed by atoms with E-state index < -0.39 is 5.54 Å². The van der Waals surface area contributed by atoms with Crippen LogP contribution >= 0.6 is 11.3 Å². The van der Waals surface area contributed by atoms with Gasteiger partial charge >= 0.3 is 0 Å². The molecule has 158 valence electrons. The molecule has 0 bridgehead atoms. The number of fused-ring (bicyclic) bond motifs is 1. The molecule has 1 fully saturated rings. The Balaban J connectivity index is 1.45. The number of aromatic nitrogens is 1. The number of benzene rings is 2. The van der Waals surface area contributed by atoms with E-state index in [1.54, 1.807) is 19.2 Å². The third-order valence-electron chi connectivity index (χ3n) is 5.01. The number of nitrogens with zero attached hydrogens (tertiary/aromatic N) is 2. The van der Waals surface area contributed by atoms with E-state index in [2.05, 4.69) is 21.7 Å². The predicted molar refractivity (Wildman–Crippen MR) is 114 cm³/mol. The van der Waals surface area contributed by atoms with Gasteiger partial charge in [-0.3, -0.25) is 9.59 Å². The van der Waals surface area contributed by atoms with Gasteiger partial charge in [-0.1, -0.05) is 12.1 Å². The number of rotatable bonds is 7. The van der Waals surface area contributed by atoms with E-state index >= 15 is 0 Å². The first-order valence-electron chi connectivity index (χ1n) is 9.64. The fraction of sp³-hybridized carbons (Fsp3) is 0.273. The van der Waals surface area contributed by atoms with E-state index in [9.17, 15) is 14.0 Å². The highest BCUT2D eigenvalue weighted by molar-refractivity contribution is 7.18. The number of thiazole rings is 1. The minimum atomic E-state index is -0.754. The highest BCUT2D eigenvalue weighted by Crippen LogP contribution is 2.36. The molecule has 31 heavy (non-hydrogen) atoms. The Morgan fingerprint density at radius 3 is 2.65 bits per heavy atom. The SMILES string of the molecule is COc1cc2sc(CC(=O)NCC(=O)NC3(C#N)CC3)nc2cc1-c1ccc(F)cc1. The van der Waals surface area contributed by atoms with Gasteiger partial charge in [-0.05, 0) is 36.6 Å². The lowest BCUT2D eigenvalue weighted by Gasteiger charge is -2.09. The molecule has 0 spiro atoms. The highest BCUT2D eigenvalue weighted by atomic mass is 32.1. The molecule has 1 aromatic heterocycles. The van der Waals surface area contributed by atoms with E-state index in [0.717, 1.165) is 15.8 Å². The third-order valence-corrected chi connectivity index (χ3v) is 6.03. The van der Waals surface area contributed by atoms with Gasteiger partial charge < -0.3 is 15.4 Å². The minimum Gasteiger partial charge on any atom is -0.496 e. The standard InChI is InChI=1S/C22H19FN4O3S/c1-30-17-9-18-16(8-15(17)13-2-4-14(23)5-3-13)26-21(31-18)10-19(28)25-11-20(29)27-22(12-24)6-7-22/h2-5,8-9H,6-7,10-11H2,1H3,(H,25,28)(H,27,29). The van der Waals surface area contributed by atoms with Gasteiger partial charge in [0.15, 0.2) is 0 Å². The lowest BCUT2D eigenvalue weighted by molar-refractivity contribution is -0.126. The van der Waals surface area contributed by atoms with Crippen LogP contribution in [0.3, 0.4) is 0 Å². The molecular formula is C22H19FN4O3S. The summed E-state index contributed by atoms with van der Waals surface area (Å²) in [6, 6.07) is 11.9. The summed E-state index contributed by atoms with van der Waals surface area (Å²) in [7, 11) is 1.56. The lowest BCUT2D eigenvalue weighted by atomic mass is 10.0. The number of methoxy groups -OCH3 is 1. The number of nitrogens with one attached hydrogen (secondary N) is 2. The molecule has 1 saturated carbocycles. The second-order valence-corrected chi connectivity index (χ2v) is 8.45. The number of amides is 2. The summed E-state index contributed by atoms with van der Waals surface area (Å²) in [6.45, 7) is -0.185. The van der Waals surface area contributed by atoms with Crippen LogP contribution in [0.25, 0.3) is 21.3 Å². The molecule has 1 aliphatic carbocycles. The van der Waals surface area contributed by atoms with Gasteiger partial charge in [0.1, 0.15) is 22.1 Å². The van der Waals surface area contributed by atoms with Gasteiger partial charge in [0.2, 0.25) is 11.8 Å². The summed E-state index contributed by atoms with van der Waals surface area (Å²) in [6.07, 6.45) is 1.31. The van der Waals surface area contributed by atoms with Crippen LogP contribution in [0.15, 0.2) is 36.4 Å². The van der Waals surface area contributed by atoms with Crippen molar-refractivity contribution >= 4 is 33.4 Å². The summed E-state index contributed by atoms with van der Waals surface area (Å²) in [4.78, 5) is 28.7. The Kier molecular flexibility index (Phi) is 5.57. The summed E-state index contributed by atoms with van der Waals surface area (Å²) < 4.78 is 19.6. The smallest absolute Gasteiger partial charge is 0.240 e. The Hall–Kier alpha value is -3.51. The van der Waals surface area contributed by atoms with Crippen LogP contribution in [-0.4, -0.2) is 36.0 Å². The van der Waals surface area contributed by atoms with Crippen molar-refractivity contribution in [2.45, 2.75) is 24.8 Å². The van der Waals surface area contributed by atoms with E-state index in [4.69, 9.17) is 10.00 Å². The van der Waals surface area contributed by atoms with Crippen molar-refractivity contribution in [3.8, 4) is 22.9 Å². The van der Waals surface area contributed by atoms with E-state index in [-0.39, 0.29) is 30.6 Å². The van der Waals surface area contributed by atoms with Crippen molar-refractivity contribution in [2.24, 2.45) is 0 Å². The van der Waals surface area contributed by atoms with Crippen LogP contribution < -0.4 is 15.4 Å². The molecule has 1 heterocycles. The van der Waals surface area contributed by atoms with Crippen LogP contribution in [0.4, 0.5) is 4.39 Å². The maximum Gasteiger partial charge on any atom is 0.240 e. The molecule has 2 amide bonds. The van der Waals surface area contributed by atoms with Crippen molar-refractivity contribution in [3.05, 3.63) is 47.2 Å². The molecule has 0 aliphatic heterocycles. The first-order chi connectivity index (χ1) is 14.9. The van der Waals surface area contributed by atoms with Crippen LogP contribution in [0, 0.1) is 17.1 Å². The average Bonchev–Trinajstić information content (AvgIpc) is 3.42. The van der Waals surface area contributed by atoms with Gasteiger partial charge in [-0.2, -0.15) is 5.26 Å². The van der Waals surface area contributed by atoms with Gasteiger partial charge in [0, 0.05) is 11.6 Å². The summed E-state index contributed by atoms with van der Waals surface area (Å²) in [5, 5.41) is 14.8. The predicted octanol–water partition coefficient (Wildman–Crippen LogP) is 2.94. The van der Waals surface area contributed by atoms with Crippen molar-refractivity contribution < 1.29 is 18.7 Å². The summed E-state index contributed by atoms with van der Waals surface area (Å²) in [5.74, 6) is -0.409. The Labute approximate surface area is 181 Å². The van der Waals surface area contributed by atoms with E-state index in [0.29, 0.717) is 29.1 Å². The van der Waals surface area contributed by atoms with Crippen molar-refractivity contribution in [2.75, 3.05) is 13.7 Å². The number of halogens is 1. The molecule has 9 heteroatoms. The number of nitriles is 1. The normalized spacial score (nSPS) is 14.0. The first-order valence-corrected chi connectivity index (χ1v) is 10.5. The highest BCUT2D eigenvalue weighted by Gasteiger charge is 2.44. The van der Waals surface area contributed by atoms with E-state index in [1.807, 2.05) is 12.1 Å². The first kappa shape index (κ1) is 20.8. The fourth-order valence-corrected chi connectivity index (χ4v) is 4.16. The zero-order valence-corrected chi connectivity index (χ0v) is 17.5. The molecule has 2 aromatic carbocycles. The van der Waals surface area contributed by atoms with E-state index in [1.165, 1.54) is 23.5 Å². The quantitative estimate of drug-likeness (QED) is 0.590. The molecule has 0 unspecified atom stereocenters. The Morgan fingerprint density at radius 1 is 1.26 bits per heavy atom. The van der Waals surface area contributed by atoms with Gasteiger partial charge in [-0.15, -0.1) is 11.3 Å². The van der Waals surface area contributed by atoms with Crippen LogP contribution in [0.1, 0.15) is 17.8 Å². The fourth-order valence-electron chi connectivity index (χ4n) is 3.18. The van der Waals surface area contributed by atoms with Gasteiger partial charge in [-0.25, -0.2) is 9.37 Å². The number of hydrogen-bond donors (Lipinski definition) is 2. The maximum absolute atomic E-state index is 13.3. The maximum atomic E-state index is 13.3. The van der Waals surface area contributed by atoms with Crippen molar-refractivity contribution in [1.82, 2.24) is 15.6 Å². The number of ether oxygens (including phenoxy) is 1. The van der Waals surface area contributed by atoms with Crippen molar-refractivity contribution in [3.63, 3.8) is 0 Å². The minimum absolute atomic E-state index is 0.0320. The second kappa shape index (κ2) is 8.32. The monoisotopic (exact) mass is 438 g/mol. The molecule has 1 aliphatic rings. The summed E-state index contributed by atoms with van der Waals surface area (Å²) >= 11 is 1.36. The number of carbonyl (C=O) groups excluding carboxylic acids is 2. The average molecular weight is 438 g/mol. The molecular weight excluding hydrogens is 419 g/mol. The zero-order chi connectivity index (χ0) is 22.0. The molecule has 2 N–H and O–H groups in total. The largest absolute Gasteiger partial charge is 0.496 e. The van der Waals surface area contributed by atoms with Crippen LogP contribution in [0.2, 0.25) is 0 Å². The van der Waals surface area contributed by atoms with Gasteiger partial charge in [0.25, 0.3) is 0 Å². The molecule has 0 atom stereocenters. The molecule has 7 nitrogen and oxygen atoms in total. The Morgan fingerprint density at radius 2 is 2.00 bits per heavy atom. The third kappa shape index (κ3) is 4.64. The number of carbonyl (C=O) groups is 2. The molecule has 0 radical (unpaired) electrons. The Bertz CT molecular complexity index is 1200. The second-order valence-electron chi connectivity index (χ2n) is 7.33. The van der Waals surface area contributed by atoms with Crippen LogP contribution in [0.5, 0.6) is 5.75 Å². The molecule has 3 aromatic rings. The molecule has 0 saturated heterocycles. The van der Waals surface area contributed by atoms with Crippen molar-refractivity contribution in [1.29, 1.82) is 5.26 Å². The number of hydrogen-bond acceptors (Lipinski definition) is 6. The van der Waals surface area contributed by atoms with Gasteiger partial charge in [0.05, 0.1) is 36.4 Å².